The van der Waals surface area contributed by atoms with Crippen molar-refractivity contribution in [2.75, 3.05) is 0 Å². The maximum absolute atomic E-state index is 11.8. The van der Waals surface area contributed by atoms with E-state index in [0.29, 0.717) is 4.88 Å². The van der Waals surface area contributed by atoms with Crippen molar-refractivity contribution >= 4 is 34.2 Å². The van der Waals surface area contributed by atoms with Crippen LogP contribution in [0.1, 0.15) is 4.88 Å². The van der Waals surface area contributed by atoms with E-state index in [9.17, 15) is 12.9 Å². The Morgan fingerprint density at radius 3 is 2.33 bits per heavy atom. The minimum absolute atomic E-state index is 0. The molecule has 0 bridgehead atoms. The summed E-state index contributed by atoms with van der Waals surface area (Å²) in [6, 6.07) is 1.50. The Labute approximate surface area is 124 Å². The van der Waals surface area contributed by atoms with Gasteiger partial charge in [0.25, 0.3) is 0 Å². The summed E-state index contributed by atoms with van der Waals surface area (Å²) in [5.41, 5.74) is 0. The van der Waals surface area contributed by atoms with Gasteiger partial charge in [-0.2, -0.15) is 11.3 Å². The third-order valence-electron chi connectivity index (χ3n) is 1.05. The molecule has 7 heteroatoms. The molecule has 0 amide bonds. The molecule has 1 aromatic rings. The quantitative estimate of drug-likeness (QED) is 0.691. The standard InChI is InChI=1S/C5H4BBrF3S.K/c7-4-1-5(11-3-4)2-6(8,9)10;/h1,3H,2H2;/q-1;+1. The van der Waals surface area contributed by atoms with Crippen LogP contribution in [0, 0.1) is 0 Å². The summed E-state index contributed by atoms with van der Waals surface area (Å²) in [7, 11) is 0. The summed E-state index contributed by atoms with van der Waals surface area (Å²) in [4.78, 5) is 0.365. The van der Waals surface area contributed by atoms with Gasteiger partial charge in [0.2, 0.25) is 0 Å². The summed E-state index contributed by atoms with van der Waals surface area (Å²) < 4.78 is 36.1. The van der Waals surface area contributed by atoms with Crippen molar-refractivity contribution in [2.24, 2.45) is 0 Å². The van der Waals surface area contributed by atoms with Crippen LogP contribution in [-0.4, -0.2) is 6.98 Å². The number of hydrogen-bond acceptors (Lipinski definition) is 1. The predicted octanol–water partition coefficient (Wildman–Crippen LogP) is 0.444. The van der Waals surface area contributed by atoms with E-state index >= 15 is 0 Å². The Morgan fingerprint density at radius 1 is 1.42 bits per heavy atom. The van der Waals surface area contributed by atoms with E-state index in [1.54, 1.807) is 5.38 Å². The van der Waals surface area contributed by atoms with Gasteiger partial charge in [-0.05, 0) is 26.9 Å². The number of halogens is 4. The molecule has 0 spiro atoms. The summed E-state index contributed by atoms with van der Waals surface area (Å²) in [5.74, 6) is 0. The first kappa shape index (κ1) is 13.7. The van der Waals surface area contributed by atoms with Gasteiger partial charge in [-0.3, -0.25) is 0 Å². The molecule has 0 saturated carbocycles. The molecule has 0 aliphatic rings. The number of hydrogen-bond donors (Lipinski definition) is 0. The molecule has 0 saturated heterocycles. The zero-order valence-electron chi connectivity index (χ0n) is 6.36. The van der Waals surface area contributed by atoms with Gasteiger partial charge in [-0.15, -0.1) is 0 Å². The smallest absolute Gasteiger partial charge is 0.449 e. The zero-order chi connectivity index (χ0) is 8.48. The Balaban J connectivity index is 0.00000121. The molecule has 0 unspecified atom stereocenters. The molecule has 1 rings (SSSR count). The molecule has 0 aliphatic carbocycles. The van der Waals surface area contributed by atoms with Crippen LogP contribution in [0.3, 0.4) is 0 Å². The fourth-order valence-electron chi connectivity index (χ4n) is 0.689. The molecular weight excluding hydrogens is 279 g/mol. The van der Waals surface area contributed by atoms with Crippen LogP contribution in [0.5, 0.6) is 0 Å². The normalized spacial score (nSPS) is 11.0. The van der Waals surface area contributed by atoms with E-state index < -0.39 is 13.3 Å². The first-order valence-electron chi connectivity index (χ1n) is 2.91. The van der Waals surface area contributed by atoms with Gasteiger partial charge in [0, 0.05) is 9.85 Å². The van der Waals surface area contributed by atoms with Crippen LogP contribution in [0.15, 0.2) is 15.9 Å². The molecule has 0 N–H and O–H groups in total. The Bertz CT molecular complexity index is 249. The van der Waals surface area contributed by atoms with Crippen molar-refractivity contribution in [3.05, 3.63) is 20.8 Å². The Morgan fingerprint density at radius 2 is 2.00 bits per heavy atom. The second-order valence-electron chi connectivity index (χ2n) is 2.15. The second kappa shape index (κ2) is 5.53. The summed E-state index contributed by atoms with van der Waals surface area (Å²) in [5, 5.41) is 1.65. The molecule has 0 aliphatic heterocycles. The van der Waals surface area contributed by atoms with Crippen molar-refractivity contribution in [3.63, 3.8) is 0 Å². The summed E-state index contributed by atoms with van der Waals surface area (Å²) in [6.45, 7) is -4.68. The average Bonchev–Trinajstić information content (AvgIpc) is 2.10. The molecule has 0 nitrogen and oxygen atoms in total. The first-order valence-corrected chi connectivity index (χ1v) is 4.58. The van der Waals surface area contributed by atoms with Crippen molar-refractivity contribution in [1.29, 1.82) is 0 Å². The molecule has 0 radical (unpaired) electrons. The van der Waals surface area contributed by atoms with Gasteiger partial charge in [0.1, 0.15) is 0 Å². The molecule has 0 aromatic carbocycles. The summed E-state index contributed by atoms with van der Waals surface area (Å²) >= 11 is 4.21. The summed E-state index contributed by atoms with van der Waals surface area (Å²) in [6.07, 6.45) is -0.768. The fourth-order valence-corrected chi connectivity index (χ4v) is 2.21. The van der Waals surface area contributed by atoms with E-state index in [0.717, 1.165) is 15.8 Å². The zero-order valence-corrected chi connectivity index (χ0v) is 11.9. The van der Waals surface area contributed by atoms with Crippen molar-refractivity contribution in [1.82, 2.24) is 0 Å². The van der Waals surface area contributed by atoms with Crippen LogP contribution in [0.2, 0.25) is 0 Å². The van der Waals surface area contributed by atoms with Gasteiger partial charge in [0.05, 0.1) is 0 Å². The molecular formula is C5H4BBrF3KS. The largest absolute Gasteiger partial charge is 1.00 e. The van der Waals surface area contributed by atoms with Gasteiger partial charge in [-0.1, -0.05) is 6.32 Å². The van der Waals surface area contributed by atoms with Crippen molar-refractivity contribution in [3.8, 4) is 0 Å². The molecule has 1 heterocycles. The van der Waals surface area contributed by atoms with E-state index in [1.165, 1.54) is 6.07 Å². The molecule has 0 fully saturated rings. The molecule has 1 aromatic heterocycles. The molecule has 62 valence electrons. The maximum Gasteiger partial charge on any atom is 1.00 e. The van der Waals surface area contributed by atoms with Gasteiger partial charge in [-0.25, -0.2) is 0 Å². The fraction of sp³-hybridized carbons (Fsp3) is 0.200. The van der Waals surface area contributed by atoms with Gasteiger partial charge < -0.3 is 12.9 Å². The van der Waals surface area contributed by atoms with E-state index in [-0.39, 0.29) is 51.4 Å². The van der Waals surface area contributed by atoms with E-state index in [1.807, 2.05) is 0 Å². The molecule has 12 heavy (non-hydrogen) atoms. The Kier molecular flexibility index (Phi) is 6.30. The first-order chi connectivity index (χ1) is 4.97. The van der Waals surface area contributed by atoms with Crippen LogP contribution in [0.4, 0.5) is 12.9 Å². The third kappa shape index (κ3) is 5.41. The van der Waals surface area contributed by atoms with Crippen molar-refractivity contribution in [2.45, 2.75) is 6.32 Å². The van der Waals surface area contributed by atoms with E-state index in [2.05, 4.69) is 15.9 Å². The van der Waals surface area contributed by atoms with Gasteiger partial charge >= 0.3 is 58.4 Å². The predicted molar refractivity (Wildman–Crippen MR) is 44.8 cm³/mol. The average molecular weight is 283 g/mol. The topological polar surface area (TPSA) is 0 Å². The number of thiophene rings is 1. The minimum Gasteiger partial charge on any atom is -0.449 e. The second-order valence-corrected chi connectivity index (χ2v) is 4.06. The van der Waals surface area contributed by atoms with Crippen LogP contribution < -0.4 is 51.4 Å². The van der Waals surface area contributed by atoms with Crippen LogP contribution >= 0.6 is 27.3 Å². The number of rotatable bonds is 2. The third-order valence-corrected chi connectivity index (χ3v) is 2.77. The van der Waals surface area contributed by atoms with Crippen LogP contribution in [-0.2, 0) is 6.32 Å². The van der Waals surface area contributed by atoms with Crippen molar-refractivity contribution < 1.29 is 64.3 Å². The molecule has 0 atom stereocenters. The maximum atomic E-state index is 11.8. The van der Waals surface area contributed by atoms with Crippen LogP contribution in [0.25, 0.3) is 0 Å². The SMILES string of the molecule is F[B-](F)(F)Cc1cc(Br)cs1.[K+]. The minimum atomic E-state index is -4.68. The van der Waals surface area contributed by atoms with Gasteiger partial charge in [0.15, 0.2) is 0 Å². The van der Waals surface area contributed by atoms with E-state index in [4.69, 9.17) is 0 Å². The monoisotopic (exact) mass is 282 g/mol. The Hall–Kier alpha value is 1.67.